The summed E-state index contributed by atoms with van der Waals surface area (Å²) >= 11 is 6.21. The number of halogens is 1. The molecule has 0 bridgehead atoms. The van der Waals surface area contributed by atoms with Crippen LogP contribution in [-0.4, -0.2) is 19.1 Å². The summed E-state index contributed by atoms with van der Waals surface area (Å²) in [5.41, 5.74) is 2.04. The fourth-order valence-electron chi connectivity index (χ4n) is 1.93. The molecule has 2 aromatic carbocycles. The smallest absolute Gasteiger partial charge is 0.257 e. The van der Waals surface area contributed by atoms with Crippen LogP contribution in [0.3, 0.4) is 0 Å². The lowest BCUT2D eigenvalue weighted by Gasteiger charge is -2.10. The molecule has 1 N–H and O–H groups in total. The Labute approximate surface area is 140 Å². The SMILES string of the molecule is C[C@H](C#N)CNC(=O)COc1ccc(-c2ccccc2)cc1Cl. The zero-order valence-corrected chi connectivity index (χ0v) is 13.5. The highest BCUT2D eigenvalue weighted by atomic mass is 35.5. The van der Waals surface area contributed by atoms with Gasteiger partial charge in [-0.05, 0) is 30.2 Å². The molecule has 0 aromatic heterocycles. The Hall–Kier alpha value is -2.51. The molecule has 0 aliphatic rings. The third-order valence-corrected chi connectivity index (χ3v) is 3.52. The predicted molar refractivity (Wildman–Crippen MR) is 90.2 cm³/mol. The Bertz CT molecular complexity index is 711. The number of carbonyl (C=O) groups excluding carboxylic acids is 1. The van der Waals surface area contributed by atoms with Gasteiger partial charge in [0.25, 0.3) is 5.91 Å². The lowest BCUT2D eigenvalue weighted by Crippen LogP contribution is -2.32. The second-order valence-electron chi connectivity index (χ2n) is 5.13. The molecule has 0 fully saturated rings. The number of hydrogen-bond donors (Lipinski definition) is 1. The molecule has 5 heteroatoms. The molecule has 0 spiro atoms. The van der Waals surface area contributed by atoms with E-state index in [-0.39, 0.29) is 18.4 Å². The summed E-state index contributed by atoms with van der Waals surface area (Å²) in [6, 6.07) is 17.4. The van der Waals surface area contributed by atoms with E-state index in [4.69, 9.17) is 21.6 Å². The molecule has 0 unspecified atom stereocenters. The fraction of sp³-hybridized carbons (Fsp3) is 0.222. The van der Waals surface area contributed by atoms with Crippen LogP contribution < -0.4 is 10.1 Å². The summed E-state index contributed by atoms with van der Waals surface area (Å²) < 4.78 is 5.43. The van der Waals surface area contributed by atoms with Gasteiger partial charge in [-0.3, -0.25) is 4.79 Å². The van der Waals surface area contributed by atoms with Crippen LogP contribution in [-0.2, 0) is 4.79 Å². The second kappa shape index (κ2) is 8.21. The molecule has 118 valence electrons. The van der Waals surface area contributed by atoms with Crippen molar-refractivity contribution in [2.45, 2.75) is 6.92 Å². The largest absolute Gasteiger partial charge is 0.482 e. The van der Waals surface area contributed by atoms with Crippen LogP contribution in [0.15, 0.2) is 48.5 Å². The van der Waals surface area contributed by atoms with Gasteiger partial charge in [0.15, 0.2) is 6.61 Å². The van der Waals surface area contributed by atoms with Crippen molar-refractivity contribution < 1.29 is 9.53 Å². The van der Waals surface area contributed by atoms with Gasteiger partial charge in [0.05, 0.1) is 17.0 Å². The molecule has 1 atom stereocenters. The Morgan fingerprint density at radius 2 is 2.00 bits per heavy atom. The monoisotopic (exact) mass is 328 g/mol. The molecule has 0 saturated heterocycles. The first kappa shape index (κ1) is 16.9. The Kier molecular flexibility index (Phi) is 6.02. The first-order valence-corrected chi connectivity index (χ1v) is 7.62. The highest BCUT2D eigenvalue weighted by Crippen LogP contribution is 2.30. The Morgan fingerprint density at radius 3 is 2.65 bits per heavy atom. The maximum atomic E-state index is 11.6. The van der Waals surface area contributed by atoms with E-state index < -0.39 is 0 Å². The van der Waals surface area contributed by atoms with E-state index in [2.05, 4.69) is 5.32 Å². The maximum absolute atomic E-state index is 11.6. The Balaban J connectivity index is 1.94. The molecule has 23 heavy (non-hydrogen) atoms. The van der Waals surface area contributed by atoms with Gasteiger partial charge >= 0.3 is 0 Å². The lowest BCUT2D eigenvalue weighted by molar-refractivity contribution is -0.123. The summed E-state index contributed by atoms with van der Waals surface area (Å²) in [6.45, 7) is 1.90. The lowest BCUT2D eigenvalue weighted by atomic mass is 10.1. The van der Waals surface area contributed by atoms with Crippen LogP contribution in [0, 0.1) is 17.2 Å². The summed E-state index contributed by atoms with van der Waals surface area (Å²) in [4.78, 5) is 11.6. The van der Waals surface area contributed by atoms with Crippen LogP contribution in [0.4, 0.5) is 0 Å². The average molecular weight is 329 g/mol. The van der Waals surface area contributed by atoms with Crippen LogP contribution in [0.1, 0.15) is 6.92 Å². The first-order chi connectivity index (χ1) is 11.1. The fourth-order valence-corrected chi connectivity index (χ4v) is 2.17. The van der Waals surface area contributed by atoms with Gasteiger partial charge in [0.1, 0.15) is 5.75 Å². The van der Waals surface area contributed by atoms with Crippen molar-refractivity contribution in [2.24, 2.45) is 5.92 Å². The molecule has 2 aromatic rings. The van der Waals surface area contributed by atoms with Gasteiger partial charge in [-0.1, -0.05) is 48.0 Å². The summed E-state index contributed by atoms with van der Waals surface area (Å²) in [6.07, 6.45) is 0. The maximum Gasteiger partial charge on any atom is 0.257 e. The van der Waals surface area contributed by atoms with E-state index in [9.17, 15) is 4.79 Å². The second-order valence-corrected chi connectivity index (χ2v) is 5.54. The summed E-state index contributed by atoms with van der Waals surface area (Å²) in [5, 5.41) is 11.7. The number of nitriles is 1. The molecular formula is C18H17ClN2O2. The average Bonchev–Trinajstić information content (AvgIpc) is 2.59. The molecule has 0 saturated carbocycles. The molecule has 0 aliphatic heterocycles. The number of hydrogen-bond acceptors (Lipinski definition) is 3. The molecule has 0 aliphatic carbocycles. The number of rotatable bonds is 6. The number of ether oxygens (including phenoxy) is 1. The van der Waals surface area contributed by atoms with Crippen LogP contribution in [0.2, 0.25) is 5.02 Å². The van der Waals surface area contributed by atoms with Gasteiger partial charge < -0.3 is 10.1 Å². The molecular weight excluding hydrogens is 312 g/mol. The van der Waals surface area contributed by atoms with Gasteiger partial charge in [-0.15, -0.1) is 0 Å². The van der Waals surface area contributed by atoms with Crippen molar-refractivity contribution >= 4 is 17.5 Å². The molecule has 0 heterocycles. The molecule has 2 rings (SSSR count). The van der Waals surface area contributed by atoms with Crippen LogP contribution in [0.25, 0.3) is 11.1 Å². The number of carbonyl (C=O) groups is 1. The number of amides is 1. The van der Waals surface area contributed by atoms with E-state index in [1.807, 2.05) is 48.5 Å². The van der Waals surface area contributed by atoms with Gasteiger partial charge in [-0.2, -0.15) is 5.26 Å². The van der Waals surface area contributed by atoms with E-state index >= 15 is 0 Å². The third kappa shape index (κ3) is 5.01. The summed E-state index contributed by atoms with van der Waals surface area (Å²) in [5.74, 6) is -0.0576. The van der Waals surface area contributed by atoms with Crippen molar-refractivity contribution in [3.05, 3.63) is 53.6 Å². The minimum Gasteiger partial charge on any atom is -0.482 e. The minimum atomic E-state index is -0.282. The van der Waals surface area contributed by atoms with Crippen molar-refractivity contribution in [1.29, 1.82) is 5.26 Å². The van der Waals surface area contributed by atoms with E-state index in [0.29, 0.717) is 17.3 Å². The first-order valence-electron chi connectivity index (χ1n) is 7.24. The number of benzene rings is 2. The van der Waals surface area contributed by atoms with Crippen LogP contribution >= 0.6 is 11.6 Å². The van der Waals surface area contributed by atoms with E-state index in [1.54, 1.807) is 13.0 Å². The van der Waals surface area contributed by atoms with E-state index in [0.717, 1.165) is 11.1 Å². The predicted octanol–water partition coefficient (Wildman–Crippen LogP) is 3.66. The minimum absolute atomic E-state index is 0.136. The van der Waals surface area contributed by atoms with Crippen molar-refractivity contribution in [2.75, 3.05) is 13.2 Å². The van der Waals surface area contributed by atoms with Crippen molar-refractivity contribution in [3.8, 4) is 22.9 Å². The zero-order valence-electron chi connectivity index (χ0n) is 12.8. The quantitative estimate of drug-likeness (QED) is 0.880. The van der Waals surface area contributed by atoms with Gasteiger partial charge in [0, 0.05) is 6.54 Å². The topological polar surface area (TPSA) is 62.1 Å². The normalized spacial score (nSPS) is 11.3. The molecule has 1 amide bonds. The van der Waals surface area contributed by atoms with Crippen molar-refractivity contribution in [3.63, 3.8) is 0 Å². The third-order valence-electron chi connectivity index (χ3n) is 3.22. The molecule has 0 radical (unpaired) electrons. The van der Waals surface area contributed by atoms with Gasteiger partial charge in [-0.25, -0.2) is 0 Å². The molecule has 4 nitrogen and oxygen atoms in total. The number of nitrogens with one attached hydrogen (secondary N) is 1. The summed E-state index contributed by atoms with van der Waals surface area (Å²) in [7, 11) is 0. The Morgan fingerprint density at radius 1 is 1.26 bits per heavy atom. The van der Waals surface area contributed by atoms with Gasteiger partial charge in [0.2, 0.25) is 0 Å². The highest BCUT2D eigenvalue weighted by molar-refractivity contribution is 6.32. The van der Waals surface area contributed by atoms with Crippen LogP contribution in [0.5, 0.6) is 5.75 Å². The van der Waals surface area contributed by atoms with E-state index in [1.165, 1.54) is 0 Å². The zero-order chi connectivity index (χ0) is 16.7. The number of nitrogens with zero attached hydrogens (tertiary/aromatic N) is 1. The highest BCUT2D eigenvalue weighted by Gasteiger charge is 2.08. The standard InChI is InChI=1S/C18H17ClN2O2/c1-13(10-20)11-21-18(22)12-23-17-8-7-15(9-16(17)19)14-5-3-2-4-6-14/h2-9,13H,11-12H2,1H3,(H,21,22)/t13-/m1/s1. The van der Waals surface area contributed by atoms with Crippen molar-refractivity contribution in [1.82, 2.24) is 5.32 Å².